The molecule has 8 heteroatoms. The van der Waals surface area contributed by atoms with Crippen LogP contribution in [0.1, 0.15) is 11.1 Å². The smallest absolute Gasteiger partial charge is 0.321 e. The van der Waals surface area contributed by atoms with Crippen LogP contribution in [0.5, 0.6) is 11.5 Å². The Morgan fingerprint density at radius 1 is 1.00 bits per heavy atom. The van der Waals surface area contributed by atoms with Crippen LogP contribution in [0.25, 0.3) is 0 Å². The van der Waals surface area contributed by atoms with Crippen molar-refractivity contribution in [2.45, 2.75) is 18.4 Å². The Labute approximate surface area is 152 Å². The minimum atomic E-state index is -3.89. The number of carbonyl (C=O) groups is 1. The molecule has 0 spiro atoms. The summed E-state index contributed by atoms with van der Waals surface area (Å²) in [7, 11) is -1.03. The third kappa shape index (κ3) is 5.21. The van der Waals surface area contributed by atoms with Crippen molar-refractivity contribution in [3.63, 3.8) is 0 Å². The maximum Gasteiger partial charge on any atom is 0.321 e. The average molecular weight is 379 g/mol. The number of benzene rings is 2. The van der Waals surface area contributed by atoms with Gasteiger partial charge < -0.3 is 14.2 Å². The Bertz CT molecular complexity index is 862. The van der Waals surface area contributed by atoms with Crippen LogP contribution in [0.4, 0.5) is 0 Å². The quantitative estimate of drug-likeness (QED) is 0.706. The summed E-state index contributed by atoms with van der Waals surface area (Å²) in [4.78, 5) is 11.8. The number of aryl methyl sites for hydroxylation is 1. The molecular weight excluding hydrogens is 358 g/mol. The van der Waals surface area contributed by atoms with Crippen LogP contribution in [0, 0.1) is 6.92 Å². The van der Waals surface area contributed by atoms with Gasteiger partial charge in [-0.15, -0.1) is 0 Å². The summed E-state index contributed by atoms with van der Waals surface area (Å²) in [5.74, 6) is 0.0101. The molecule has 0 aliphatic rings. The molecule has 0 saturated carbocycles. The van der Waals surface area contributed by atoms with E-state index in [1.807, 2.05) is 31.2 Å². The molecule has 7 nitrogen and oxygen atoms in total. The van der Waals surface area contributed by atoms with E-state index in [9.17, 15) is 13.2 Å². The molecule has 2 aromatic rings. The van der Waals surface area contributed by atoms with Crippen molar-refractivity contribution in [2.24, 2.45) is 0 Å². The van der Waals surface area contributed by atoms with Gasteiger partial charge in [-0.3, -0.25) is 4.79 Å². The van der Waals surface area contributed by atoms with Crippen LogP contribution in [-0.4, -0.2) is 35.2 Å². The molecule has 0 aromatic heterocycles. The van der Waals surface area contributed by atoms with Gasteiger partial charge in [-0.2, -0.15) is 4.72 Å². The summed E-state index contributed by atoms with van der Waals surface area (Å²) < 4.78 is 42.0. The first kappa shape index (κ1) is 19.7. The van der Waals surface area contributed by atoms with Gasteiger partial charge in [0.25, 0.3) is 0 Å². The highest BCUT2D eigenvalue weighted by molar-refractivity contribution is 7.89. The maximum atomic E-state index is 12.3. The Morgan fingerprint density at radius 3 is 2.27 bits per heavy atom. The SMILES string of the molecule is COc1ccc(S(=O)(=O)NCC(=O)OCc2ccc(C)cc2)cc1OC. The van der Waals surface area contributed by atoms with Gasteiger partial charge in [-0.25, -0.2) is 8.42 Å². The van der Waals surface area contributed by atoms with Gasteiger partial charge in [0.15, 0.2) is 11.5 Å². The molecule has 0 bridgehead atoms. The first-order chi connectivity index (χ1) is 12.4. The molecule has 140 valence electrons. The zero-order valence-electron chi connectivity index (χ0n) is 14.8. The van der Waals surface area contributed by atoms with Gasteiger partial charge in [0.1, 0.15) is 13.2 Å². The van der Waals surface area contributed by atoms with Crippen molar-refractivity contribution in [1.29, 1.82) is 0 Å². The lowest BCUT2D eigenvalue weighted by molar-refractivity contribution is -0.143. The summed E-state index contributed by atoms with van der Waals surface area (Å²) in [6.07, 6.45) is 0. The molecular formula is C18H21NO6S. The van der Waals surface area contributed by atoms with Crippen LogP contribution in [-0.2, 0) is 26.2 Å². The van der Waals surface area contributed by atoms with Crippen LogP contribution < -0.4 is 14.2 Å². The predicted molar refractivity (Wildman–Crippen MR) is 95.7 cm³/mol. The van der Waals surface area contributed by atoms with Crippen LogP contribution in [0.3, 0.4) is 0 Å². The number of ether oxygens (including phenoxy) is 3. The molecule has 26 heavy (non-hydrogen) atoms. The van der Waals surface area contributed by atoms with Crippen molar-refractivity contribution in [2.75, 3.05) is 20.8 Å². The van der Waals surface area contributed by atoms with E-state index in [-0.39, 0.29) is 17.3 Å². The minimum Gasteiger partial charge on any atom is -0.493 e. The Hall–Kier alpha value is -2.58. The molecule has 0 atom stereocenters. The highest BCUT2D eigenvalue weighted by Crippen LogP contribution is 2.29. The lowest BCUT2D eigenvalue weighted by Crippen LogP contribution is -2.30. The van der Waals surface area contributed by atoms with Gasteiger partial charge >= 0.3 is 5.97 Å². The highest BCUT2D eigenvalue weighted by atomic mass is 32.2. The van der Waals surface area contributed by atoms with Crippen LogP contribution >= 0.6 is 0 Å². The molecule has 0 radical (unpaired) electrons. The molecule has 0 fully saturated rings. The van der Waals surface area contributed by atoms with E-state index in [2.05, 4.69) is 4.72 Å². The largest absolute Gasteiger partial charge is 0.493 e. The third-order valence-corrected chi connectivity index (χ3v) is 4.99. The average Bonchev–Trinajstić information content (AvgIpc) is 2.65. The summed E-state index contributed by atoms with van der Waals surface area (Å²) >= 11 is 0. The van der Waals surface area contributed by atoms with Gasteiger partial charge in [-0.1, -0.05) is 29.8 Å². The second-order valence-electron chi connectivity index (χ2n) is 5.49. The summed E-state index contributed by atoms with van der Waals surface area (Å²) in [6, 6.07) is 11.7. The number of esters is 1. The van der Waals surface area contributed by atoms with Crippen LogP contribution in [0.2, 0.25) is 0 Å². The lowest BCUT2D eigenvalue weighted by Gasteiger charge is -2.11. The summed E-state index contributed by atoms with van der Waals surface area (Å²) in [6.45, 7) is 1.57. The second kappa shape index (κ2) is 8.68. The number of nitrogens with one attached hydrogen (secondary N) is 1. The molecule has 0 amide bonds. The molecule has 2 aromatic carbocycles. The standard InChI is InChI=1S/C18H21NO6S/c1-13-4-6-14(7-5-13)12-25-18(20)11-19-26(21,22)15-8-9-16(23-2)17(10-15)24-3/h4-10,19H,11-12H2,1-3H3. The van der Waals surface area contributed by atoms with Gasteiger partial charge in [0.05, 0.1) is 19.1 Å². The normalized spacial score (nSPS) is 11.0. The molecule has 0 heterocycles. The van der Waals surface area contributed by atoms with E-state index in [0.717, 1.165) is 11.1 Å². The predicted octanol–water partition coefficient (Wildman–Crippen LogP) is 2.03. The Morgan fingerprint density at radius 2 is 1.65 bits per heavy atom. The Kier molecular flexibility index (Phi) is 6.59. The van der Waals surface area contributed by atoms with Crippen molar-refractivity contribution in [3.8, 4) is 11.5 Å². The maximum absolute atomic E-state index is 12.3. The second-order valence-corrected chi connectivity index (χ2v) is 7.25. The highest BCUT2D eigenvalue weighted by Gasteiger charge is 2.18. The summed E-state index contributed by atoms with van der Waals surface area (Å²) in [5, 5.41) is 0. The fourth-order valence-corrected chi connectivity index (χ4v) is 3.10. The number of methoxy groups -OCH3 is 2. The molecule has 0 unspecified atom stereocenters. The van der Waals surface area contributed by atoms with Gasteiger partial charge in [0.2, 0.25) is 10.0 Å². The molecule has 1 N–H and O–H groups in total. The fraction of sp³-hybridized carbons (Fsp3) is 0.278. The summed E-state index contributed by atoms with van der Waals surface area (Å²) in [5.41, 5.74) is 1.93. The fourth-order valence-electron chi connectivity index (χ4n) is 2.12. The zero-order chi connectivity index (χ0) is 19.2. The van der Waals surface area contributed by atoms with E-state index in [4.69, 9.17) is 14.2 Å². The third-order valence-electron chi connectivity index (χ3n) is 3.59. The van der Waals surface area contributed by atoms with Crippen LogP contribution in [0.15, 0.2) is 47.4 Å². The topological polar surface area (TPSA) is 90.9 Å². The number of carbonyl (C=O) groups excluding carboxylic acids is 1. The first-order valence-electron chi connectivity index (χ1n) is 7.78. The van der Waals surface area contributed by atoms with Gasteiger partial charge in [-0.05, 0) is 24.6 Å². The molecule has 0 saturated heterocycles. The molecule has 0 aliphatic carbocycles. The van der Waals surface area contributed by atoms with E-state index in [1.54, 1.807) is 0 Å². The van der Waals surface area contributed by atoms with E-state index < -0.39 is 22.5 Å². The van der Waals surface area contributed by atoms with E-state index in [1.165, 1.54) is 32.4 Å². The van der Waals surface area contributed by atoms with Crippen molar-refractivity contribution in [3.05, 3.63) is 53.6 Å². The number of hydrogen-bond acceptors (Lipinski definition) is 6. The molecule has 0 aliphatic heterocycles. The number of sulfonamides is 1. The number of hydrogen-bond donors (Lipinski definition) is 1. The van der Waals surface area contributed by atoms with Crippen molar-refractivity contribution < 1.29 is 27.4 Å². The van der Waals surface area contributed by atoms with E-state index >= 15 is 0 Å². The van der Waals surface area contributed by atoms with Gasteiger partial charge in [0, 0.05) is 6.07 Å². The van der Waals surface area contributed by atoms with Crippen molar-refractivity contribution >= 4 is 16.0 Å². The monoisotopic (exact) mass is 379 g/mol. The van der Waals surface area contributed by atoms with E-state index in [0.29, 0.717) is 5.75 Å². The zero-order valence-corrected chi connectivity index (χ0v) is 15.6. The first-order valence-corrected chi connectivity index (χ1v) is 9.27. The molecule has 2 rings (SSSR count). The van der Waals surface area contributed by atoms with Crippen molar-refractivity contribution in [1.82, 2.24) is 4.72 Å². The Balaban J connectivity index is 1.94. The lowest BCUT2D eigenvalue weighted by atomic mass is 10.2. The number of rotatable bonds is 8. The minimum absolute atomic E-state index is 0.0403.